The number of nitrogens with zero attached hydrogens (tertiary/aromatic N) is 4. The maximum Gasteiger partial charge on any atom is 0.351 e. The van der Waals surface area contributed by atoms with E-state index in [9.17, 15) is 14.4 Å². The van der Waals surface area contributed by atoms with Crippen molar-refractivity contribution in [2.75, 3.05) is 10.6 Å². The monoisotopic (exact) mass is 496 g/mol. The highest BCUT2D eigenvalue weighted by Gasteiger charge is 2.19. The van der Waals surface area contributed by atoms with Crippen LogP contribution in [-0.4, -0.2) is 31.0 Å². The van der Waals surface area contributed by atoms with Gasteiger partial charge in [0.15, 0.2) is 0 Å². The van der Waals surface area contributed by atoms with Gasteiger partial charge in [-0.25, -0.2) is 18.9 Å². The summed E-state index contributed by atoms with van der Waals surface area (Å²) in [6.07, 6.45) is 0. The zero-order chi connectivity index (χ0) is 26.1. The van der Waals surface area contributed by atoms with Crippen molar-refractivity contribution in [1.29, 1.82) is 0 Å². The minimum atomic E-state index is -0.490. The number of aryl methyl sites for hydroxylation is 1. The van der Waals surface area contributed by atoms with Crippen molar-refractivity contribution >= 4 is 39.9 Å². The number of hydrogen-bond acceptors (Lipinski definition) is 6. The SMILES string of the molecule is CC(=O)Nc1ccc(NC(=O)Cn2nc3c(Oc4cccc(C)c4C)nc4ccccc4n3c2=O)cc1. The van der Waals surface area contributed by atoms with Gasteiger partial charge in [-0.15, -0.1) is 5.10 Å². The van der Waals surface area contributed by atoms with Gasteiger partial charge in [0.05, 0.1) is 11.0 Å². The zero-order valence-electron chi connectivity index (χ0n) is 20.5. The summed E-state index contributed by atoms with van der Waals surface area (Å²) in [6.45, 7) is 5.03. The number of amides is 2. The van der Waals surface area contributed by atoms with Crippen LogP contribution in [0.15, 0.2) is 71.5 Å². The van der Waals surface area contributed by atoms with Gasteiger partial charge in [-0.1, -0.05) is 24.3 Å². The molecule has 10 nitrogen and oxygen atoms in total. The molecule has 0 saturated heterocycles. The van der Waals surface area contributed by atoms with Crippen molar-refractivity contribution in [2.45, 2.75) is 27.3 Å². The number of rotatable bonds is 6. The van der Waals surface area contributed by atoms with E-state index in [4.69, 9.17) is 4.74 Å². The van der Waals surface area contributed by atoms with Crippen LogP contribution in [0.5, 0.6) is 11.6 Å². The number of fused-ring (bicyclic) bond motifs is 3. The molecule has 186 valence electrons. The smallest absolute Gasteiger partial charge is 0.351 e. The molecule has 5 rings (SSSR count). The van der Waals surface area contributed by atoms with E-state index in [2.05, 4.69) is 20.7 Å². The first-order valence-corrected chi connectivity index (χ1v) is 11.6. The molecule has 0 aliphatic rings. The predicted molar refractivity (Wildman–Crippen MR) is 140 cm³/mol. The lowest BCUT2D eigenvalue weighted by Crippen LogP contribution is -2.28. The molecule has 0 radical (unpaired) electrons. The minimum Gasteiger partial charge on any atom is -0.436 e. The van der Waals surface area contributed by atoms with E-state index in [1.807, 2.05) is 38.1 Å². The molecule has 0 unspecified atom stereocenters. The van der Waals surface area contributed by atoms with Gasteiger partial charge < -0.3 is 15.4 Å². The molecule has 0 aliphatic heterocycles. The first-order chi connectivity index (χ1) is 17.8. The van der Waals surface area contributed by atoms with Gasteiger partial charge in [-0.05, 0) is 67.4 Å². The van der Waals surface area contributed by atoms with Crippen LogP contribution in [0.25, 0.3) is 16.7 Å². The highest BCUT2D eigenvalue weighted by atomic mass is 16.5. The van der Waals surface area contributed by atoms with Crippen molar-refractivity contribution in [3.63, 3.8) is 0 Å². The van der Waals surface area contributed by atoms with E-state index in [1.54, 1.807) is 42.5 Å². The lowest BCUT2D eigenvalue weighted by molar-refractivity contribution is -0.117. The third kappa shape index (κ3) is 4.76. The van der Waals surface area contributed by atoms with Crippen molar-refractivity contribution in [3.05, 3.63) is 88.3 Å². The fraction of sp³-hybridized carbons (Fsp3) is 0.148. The summed E-state index contributed by atoms with van der Waals surface area (Å²) in [5, 5.41) is 9.81. The van der Waals surface area contributed by atoms with Gasteiger partial charge >= 0.3 is 5.69 Å². The molecule has 37 heavy (non-hydrogen) atoms. The number of para-hydroxylation sites is 2. The Kier molecular flexibility index (Phi) is 6.14. The van der Waals surface area contributed by atoms with E-state index >= 15 is 0 Å². The summed E-state index contributed by atoms with van der Waals surface area (Å²) in [5.41, 5.74) is 3.95. The molecule has 0 fully saturated rings. The number of carbonyl (C=O) groups is 2. The topological polar surface area (TPSA) is 120 Å². The molecule has 2 N–H and O–H groups in total. The van der Waals surface area contributed by atoms with E-state index in [1.165, 1.54) is 11.3 Å². The maximum absolute atomic E-state index is 13.4. The van der Waals surface area contributed by atoms with Gasteiger partial charge in [-0.3, -0.25) is 9.59 Å². The quantitative estimate of drug-likeness (QED) is 0.366. The number of ether oxygens (including phenoxy) is 1. The summed E-state index contributed by atoms with van der Waals surface area (Å²) in [7, 11) is 0. The fourth-order valence-corrected chi connectivity index (χ4v) is 3.96. The highest BCUT2D eigenvalue weighted by Crippen LogP contribution is 2.29. The van der Waals surface area contributed by atoms with Crippen molar-refractivity contribution < 1.29 is 14.3 Å². The van der Waals surface area contributed by atoms with Crippen molar-refractivity contribution in [1.82, 2.24) is 19.2 Å². The molecule has 2 amide bonds. The maximum atomic E-state index is 13.4. The Morgan fingerprint density at radius 2 is 1.62 bits per heavy atom. The average molecular weight is 497 g/mol. The molecule has 3 aromatic carbocycles. The van der Waals surface area contributed by atoms with Crippen LogP contribution in [0.4, 0.5) is 11.4 Å². The molecule has 10 heteroatoms. The Morgan fingerprint density at radius 3 is 2.35 bits per heavy atom. The number of hydrogen-bond donors (Lipinski definition) is 2. The standard InChI is InChI=1S/C27H24N6O4/c1-16-7-6-10-23(17(16)2)37-26-25-31-32(27(36)33(25)22-9-5-4-8-21(22)30-26)15-24(35)29-20-13-11-19(12-14-20)28-18(3)34/h4-14H,15H2,1-3H3,(H,28,34)(H,29,35). The molecule has 0 spiro atoms. The normalized spacial score (nSPS) is 11.0. The number of benzene rings is 3. The second kappa shape index (κ2) is 9.57. The zero-order valence-corrected chi connectivity index (χ0v) is 20.5. The van der Waals surface area contributed by atoms with Crippen LogP contribution >= 0.6 is 0 Å². The van der Waals surface area contributed by atoms with Gasteiger partial charge in [0.2, 0.25) is 17.5 Å². The summed E-state index contributed by atoms with van der Waals surface area (Å²) >= 11 is 0. The van der Waals surface area contributed by atoms with E-state index < -0.39 is 11.6 Å². The summed E-state index contributed by atoms with van der Waals surface area (Å²) in [5.74, 6) is 0.141. The van der Waals surface area contributed by atoms with Crippen LogP contribution in [0.3, 0.4) is 0 Å². The molecule has 2 heterocycles. The number of nitrogens with one attached hydrogen (secondary N) is 2. The van der Waals surface area contributed by atoms with Crippen LogP contribution in [0.2, 0.25) is 0 Å². The first kappa shape index (κ1) is 23.7. The first-order valence-electron chi connectivity index (χ1n) is 11.6. The average Bonchev–Trinajstić information content (AvgIpc) is 3.19. The highest BCUT2D eigenvalue weighted by molar-refractivity contribution is 5.92. The number of aromatic nitrogens is 4. The Labute approximate surface area is 211 Å². The van der Waals surface area contributed by atoms with Crippen molar-refractivity contribution in [3.8, 4) is 11.6 Å². The Morgan fingerprint density at radius 1 is 0.919 bits per heavy atom. The van der Waals surface area contributed by atoms with E-state index in [-0.39, 0.29) is 24.0 Å². The molecule has 0 saturated carbocycles. The van der Waals surface area contributed by atoms with Gasteiger partial charge in [-0.2, -0.15) is 0 Å². The van der Waals surface area contributed by atoms with Crippen LogP contribution < -0.4 is 21.1 Å². The van der Waals surface area contributed by atoms with Gasteiger partial charge in [0.1, 0.15) is 12.3 Å². The second-order valence-electron chi connectivity index (χ2n) is 8.61. The van der Waals surface area contributed by atoms with Crippen LogP contribution in [0, 0.1) is 13.8 Å². The largest absolute Gasteiger partial charge is 0.436 e. The Hall–Kier alpha value is -4.99. The van der Waals surface area contributed by atoms with Gasteiger partial charge in [0.25, 0.3) is 5.88 Å². The lowest BCUT2D eigenvalue weighted by Gasteiger charge is -2.11. The number of anilines is 2. The minimum absolute atomic E-state index is 0.164. The summed E-state index contributed by atoms with van der Waals surface area (Å²) < 4.78 is 8.63. The fourth-order valence-electron chi connectivity index (χ4n) is 3.96. The third-order valence-electron chi connectivity index (χ3n) is 5.92. The molecule has 2 aromatic heterocycles. The van der Waals surface area contributed by atoms with E-state index in [0.717, 1.165) is 15.8 Å². The van der Waals surface area contributed by atoms with Crippen LogP contribution in [0.1, 0.15) is 18.1 Å². The molecule has 0 aliphatic carbocycles. The lowest BCUT2D eigenvalue weighted by atomic mass is 10.1. The second-order valence-corrected chi connectivity index (χ2v) is 8.61. The molecule has 0 atom stereocenters. The Balaban J connectivity index is 1.49. The Bertz CT molecular complexity index is 1720. The van der Waals surface area contributed by atoms with Crippen LogP contribution in [-0.2, 0) is 16.1 Å². The molecule has 5 aromatic rings. The van der Waals surface area contributed by atoms with E-state index in [0.29, 0.717) is 28.2 Å². The molecular weight excluding hydrogens is 472 g/mol. The molecular formula is C27H24N6O4. The summed E-state index contributed by atoms with van der Waals surface area (Å²) in [6, 6.07) is 19.5. The van der Waals surface area contributed by atoms with Gasteiger partial charge in [0, 0.05) is 18.3 Å². The number of carbonyl (C=O) groups excluding carboxylic acids is 2. The van der Waals surface area contributed by atoms with Crippen molar-refractivity contribution in [2.24, 2.45) is 0 Å². The third-order valence-corrected chi connectivity index (χ3v) is 5.92. The summed E-state index contributed by atoms with van der Waals surface area (Å²) in [4.78, 5) is 41.9. The molecule has 0 bridgehead atoms. The predicted octanol–water partition coefficient (Wildman–Crippen LogP) is 4.05.